The maximum Gasteiger partial charge on any atom is 0.230 e. The van der Waals surface area contributed by atoms with Crippen LogP contribution in [0.4, 0.5) is 5.13 Å². The predicted octanol–water partition coefficient (Wildman–Crippen LogP) is 4.99. The average molecular weight is 425 g/mol. The van der Waals surface area contributed by atoms with Gasteiger partial charge in [0.05, 0.1) is 25.8 Å². The highest BCUT2D eigenvalue weighted by atomic mass is 32.1. The molecule has 2 aromatic carbocycles. The fourth-order valence-corrected chi connectivity index (χ4v) is 3.61. The molecule has 1 aromatic heterocycles. The van der Waals surface area contributed by atoms with E-state index in [1.165, 1.54) is 25.4 Å². The van der Waals surface area contributed by atoms with Crippen molar-refractivity contribution in [1.82, 2.24) is 4.98 Å². The van der Waals surface area contributed by atoms with Crippen LogP contribution in [0.25, 0.3) is 11.3 Å². The molecule has 3 rings (SSSR count). The molecule has 0 fully saturated rings. The summed E-state index contributed by atoms with van der Waals surface area (Å²) in [5, 5.41) is 5.24. The van der Waals surface area contributed by atoms with Crippen LogP contribution in [0.5, 0.6) is 11.5 Å². The van der Waals surface area contributed by atoms with E-state index in [1.54, 1.807) is 18.2 Å². The van der Waals surface area contributed by atoms with Crippen LogP contribution in [0.3, 0.4) is 0 Å². The molecule has 1 amide bonds. The molecule has 0 aliphatic carbocycles. The molecule has 0 aliphatic rings. The van der Waals surface area contributed by atoms with Crippen molar-refractivity contribution in [2.45, 2.75) is 26.7 Å². The van der Waals surface area contributed by atoms with Crippen molar-refractivity contribution >= 4 is 28.2 Å². The van der Waals surface area contributed by atoms with E-state index in [4.69, 9.17) is 9.47 Å². The van der Waals surface area contributed by atoms with Gasteiger partial charge in [-0.05, 0) is 55.8 Å². The van der Waals surface area contributed by atoms with Gasteiger partial charge < -0.3 is 14.8 Å². The number of carbonyl (C=O) groups excluding carboxylic acids is 2. The van der Waals surface area contributed by atoms with Crippen LogP contribution in [0.15, 0.2) is 47.8 Å². The first-order valence-corrected chi connectivity index (χ1v) is 10.5. The number of hydrogen-bond donors (Lipinski definition) is 1. The van der Waals surface area contributed by atoms with E-state index in [-0.39, 0.29) is 18.1 Å². The fourth-order valence-electron chi connectivity index (χ4n) is 2.88. The van der Waals surface area contributed by atoms with Crippen molar-refractivity contribution in [1.29, 1.82) is 0 Å². The summed E-state index contributed by atoms with van der Waals surface area (Å²) in [6.07, 6.45) is 1.05. The molecule has 0 aliphatic heterocycles. The lowest BCUT2D eigenvalue weighted by Crippen LogP contribution is -2.15. The lowest BCUT2D eigenvalue weighted by molar-refractivity contribution is -0.115. The van der Waals surface area contributed by atoms with Crippen LogP contribution >= 0.6 is 11.3 Å². The number of anilines is 1. The number of Topliss-reactive ketones (excluding diaryl/α,β-unsaturated/α-hetero) is 1. The van der Waals surface area contributed by atoms with Gasteiger partial charge >= 0.3 is 0 Å². The minimum Gasteiger partial charge on any atom is -0.496 e. The maximum absolute atomic E-state index is 12.5. The van der Waals surface area contributed by atoms with Gasteiger partial charge in [0.25, 0.3) is 0 Å². The van der Waals surface area contributed by atoms with Gasteiger partial charge in [0.1, 0.15) is 11.5 Å². The zero-order valence-corrected chi connectivity index (χ0v) is 18.0. The SMILES string of the molecule is CCCOc1ccc(-c2csc(NC(=O)Cc3cc(C(C)=O)ccc3OC)n2)cc1. The standard InChI is InChI=1S/C23H24N2O4S/c1-4-11-29-19-8-5-16(6-9-19)20-14-30-23(24-20)25-22(27)13-18-12-17(15(2)26)7-10-21(18)28-3/h5-10,12,14H,4,11,13H2,1-3H3,(H,24,25,27). The molecule has 0 atom stereocenters. The Bertz CT molecular complexity index is 1030. The summed E-state index contributed by atoms with van der Waals surface area (Å²) in [6.45, 7) is 4.24. The Kier molecular flexibility index (Phi) is 7.19. The number of ether oxygens (including phenoxy) is 2. The van der Waals surface area contributed by atoms with E-state index in [0.29, 0.717) is 28.6 Å². The van der Waals surface area contributed by atoms with Crippen LogP contribution in [0.1, 0.15) is 36.2 Å². The van der Waals surface area contributed by atoms with E-state index in [2.05, 4.69) is 17.2 Å². The second kappa shape index (κ2) is 10.0. The molecule has 6 nitrogen and oxygen atoms in total. The summed E-state index contributed by atoms with van der Waals surface area (Å²) in [4.78, 5) is 28.7. The molecule has 1 heterocycles. The Hall–Kier alpha value is -3.19. The molecule has 0 unspecified atom stereocenters. The average Bonchev–Trinajstić information content (AvgIpc) is 3.20. The van der Waals surface area contributed by atoms with Gasteiger partial charge in [-0.25, -0.2) is 4.98 Å². The van der Waals surface area contributed by atoms with Gasteiger partial charge in [-0.1, -0.05) is 6.92 Å². The number of benzene rings is 2. The molecule has 1 N–H and O–H groups in total. The summed E-state index contributed by atoms with van der Waals surface area (Å²) in [7, 11) is 1.54. The number of methoxy groups -OCH3 is 1. The number of thiazole rings is 1. The maximum atomic E-state index is 12.5. The molecule has 156 valence electrons. The van der Waals surface area contributed by atoms with E-state index >= 15 is 0 Å². The van der Waals surface area contributed by atoms with Crippen molar-refractivity contribution in [2.75, 3.05) is 19.0 Å². The third-order valence-corrected chi connectivity index (χ3v) is 5.17. The monoisotopic (exact) mass is 424 g/mol. The molecule has 0 saturated heterocycles. The number of nitrogens with zero attached hydrogens (tertiary/aromatic N) is 1. The van der Waals surface area contributed by atoms with E-state index in [9.17, 15) is 9.59 Å². The van der Waals surface area contributed by atoms with Gasteiger partial charge in [-0.2, -0.15) is 0 Å². The number of hydrogen-bond acceptors (Lipinski definition) is 6. The number of amides is 1. The Morgan fingerprint density at radius 3 is 2.57 bits per heavy atom. The second-order valence-corrected chi connectivity index (χ2v) is 7.58. The number of rotatable bonds is 9. The fraction of sp³-hybridized carbons (Fsp3) is 0.261. The van der Waals surface area contributed by atoms with Crippen molar-refractivity contribution in [3.8, 4) is 22.8 Å². The quantitative estimate of drug-likeness (QED) is 0.490. The first-order chi connectivity index (χ1) is 14.5. The highest BCUT2D eigenvalue weighted by Crippen LogP contribution is 2.27. The van der Waals surface area contributed by atoms with Gasteiger partial charge in [0, 0.05) is 22.1 Å². The zero-order chi connectivity index (χ0) is 21.5. The van der Waals surface area contributed by atoms with Crippen LogP contribution in [0.2, 0.25) is 0 Å². The third-order valence-electron chi connectivity index (χ3n) is 4.41. The Morgan fingerprint density at radius 1 is 1.13 bits per heavy atom. The van der Waals surface area contributed by atoms with Gasteiger partial charge in [-0.15, -0.1) is 11.3 Å². The third kappa shape index (κ3) is 5.45. The van der Waals surface area contributed by atoms with Crippen molar-refractivity contribution < 1.29 is 19.1 Å². The highest BCUT2D eigenvalue weighted by Gasteiger charge is 2.13. The molecule has 0 saturated carbocycles. The molecular weight excluding hydrogens is 400 g/mol. The first kappa shape index (κ1) is 21.5. The molecule has 7 heteroatoms. The van der Waals surface area contributed by atoms with Gasteiger partial charge in [-0.3, -0.25) is 9.59 Å². The highest BCUT2D eigenvalue weighted by molar-refractivity contribution is 7.14. The summed E-state index contributed by atoms with van der Waals surface area (Å²) < 4.78 is 10.9. The Balaban J connectivity index is 1.67. The summed E-state index contributed by atoms with van der Waals surface area (Å²) in [6, 6.07) is 12.8. The smallest absolute Gasteiger partial charge is 0.230 e. The van der Waals surface area contributed by atoms with Crippen LogP contribution in [0, 0.1) is 0 Å². The predicted molar refractivity (Wildman–Crippen MR) is 119 cm³/mol. The summed E-state index contributed by atoms with van der Waals surface area (Å²) in [5.74, 6) is 1.11. The van der Waals surface area contributed by atoms with Crippen LogP contribution < -0.4 is 14.8 Å². The normalized spacial score (nSPS) is 10.5. The number of ketones is 1. The minimum atomic E-state index is -0.224. The molecule has 0 radical (unpaired) electrons. The topological polar surface area (TPSA) is 77.5 Å². The number of carbonyl (C=O) groups is 2. The lowest BCUT2D eigenvalue weighted by atomic mass is 10.0. The van der Waals surface area contributed by atoms with Crippen LogP contribution in [-0.4, -0.2) is 30.4 Å². The van der Waals surface area contributed by atoms with Crippen molar-refractivity contribution in [3.63, 3.8) is 0 Å². The number of nitrogens with one attached hydrogen (secondary N) is 1. The molecule has 0 bridgehead atoms. The number of aromatic nitrogens is 1. The van der Waals surface area contributed by atoms with E-state index < -0.39 is 0 Å². The van der Waals surface area contributed by atoms with Crippen molar-refractivity contribution in [3.05, 3.63) is 59.0 Å². The first-order valence-electron chi connectivity index (χ1n) is 9.66. The molecule has 3 aromatic rings. The van der Waals surface area contributed by atoms with Gasteiger partial charge in [0.2, 0.25) is 5.91 Å². The molecular formula is C23H24N2O4S. The second-order valence-electron chi connectivity index (χ2n) is 6.72. The van der Waals surface area contributed by atoms with E-state index in [1.807, 2.05) is 29.6 Å². The van der Waals surface area contributed by atoms with Crippen LogP contribution in [-0.2, 0) is 11.2 Å². The molecule has 30 heavy (non-hydrogen) atoms. The summed E-state index contributed by atoms with van der Waals surface area (Å²) >= 11 is 1.36. The summed E-state index contributed by atoms with van der Waals surface area (Å²) in [5.41, 5.74) is 2.93. The molecule has 0 spiro atoms. The van der Waals surface area contributed by atoms with Gasteiger partial charge in [0.15, 0.2) is 10.9 Å². The van der Waals surface area contributed by atoms with E-state index in [0.717, 1.165) is 23.4 Å². The van der Waals surface area contributed by atoms with Crippen molar-refractivity contribution in [2.24, 2.45) is 0 Å². The Morgan fingerprint density at radius 2 is 1.90 bits per heavy atom. The zero-order valence-electron chi connectivity index (χ0n) is 17.2. The lowest BCUT2D eigenvalue weighted by Gasteiger charge is -2.09. The minimum absolute atomic E-state index is 0.0602. The Labute approximate surface area is 179 Å². The largest absolute Gasteiger partial charge is 0.496 e.